The SMILES string of the molecule is CCC1C(=O)NC(=O)CN1C(=O)CCOc1ccccc1. The van der Waals surface area contributed by atoms with Crippen molar-refractivity contribution in [1.82, 2.24) is 10.2 Å². The third-order valence-electron chi connectivity index (χ3n) is 3.29. The van der Waals surface area contributed by atoms with Crippen molar-refractivity contribution >= 4 is 17.7 Å². The Morgan fingerprint density at radius 3 is 2.71 bits per heavy atom. The third kappa shape index (κ3) is 3.81. The Bertz CT molecular complexity index is 530. The second kappa shape index (κ2) is 6.88. The van der Waals surface area contributed by atoms with Crippen LogP contribution >= 0.6 is 0 Å². The summed E-state index contributed by atoms with van der Waals surface area (Å²) in [6.45, 7) is 1.95. The first-order chi connectivity index (χ1) is 10.1. The molecule has 1 aliphatic heterocycles. The summed E-state index contributed by atoms with van der Waals surface area (Å²) in [5, 5.41) is 2.24. The van der Waals surface area contributed by atoms with E-state index in [-0.39, 0.29) is 25.5 Å². The van der Waals surface area contributed by atoms with Crippen LogP contribution in [0.3, 0.4) is 0 Å². The van der Waals surface area contributed by atoms with Gasteiger partial charge in [0.15, 0.2) is 0 Å². The smallest absolute Gasteiger partial charge is 0.249 e. The number of nitrogens with one attached hydrogen (secondary N) is 1. The molecule has 1 atom stereocenters. The normalized spacial score (nSPS) is 18.3. The Morgan fingerprint density at radius 1 is 1.33 bits per heavy atom. The number of para-hydroxylation sites is 1. The third-order valence-corrected chi connectivity index (χ3v) is 3.29. The fourth-order valence-electron chi connectivity index (χ4n) is 2.25. The van der Waals surface area contributed by atoms with E-state index < -0.39 is 17.9 Å². The van der Waals surface area contributed by atoms with Crippen molar-refractivity contribution in [2.45, 2.75) is 25.8 Å². The number of carbonyl (C=O) groups excluding carboxylic acids is 3. The zero-order valence-electron chi connectivity index (χ0n) is 11.9. The Balaban J connectivity index is 1.89. The van der Waals surface area contributed by atoms with E-state index >= 15 is 0 Å². The van der Waals surface area contributed by atoms with Crippen LogP contribution in [0.4, 0.5) is 0 Å². The van der Waals surface area contributed by atoms with Gasteiger partial charge in [-0.3, -0.25) is 19.7 Å². The van der Waals surface area contributed by atoms with Crippen LogP contribution in [0.25, 0.3) is 0 Å². The summed E-state index contributed by atoms with van der Waals surface area (Å²) in [6.07, 6.45) is 0.607. The van der Waals surface area contributed by atoms with Crippen LogP contribution in [0.15, 0.2) is 30.3 Å². The van der Waals surface area contributed by atoms with Crippen molar-refractivity contribution in [1.29, 1.82) is 0 Å². The van der Waals surface area contributed by atoms with Gasteiger partial charge >= 0.3 is 0 Å². The van der Waals surface area contributed by atoms with Gasteiger partial charge in [-0.1, -0.05) is 25.1 Å². The van der Waals surface area contributed by atoms with Crippen LogP contribution < -0.4 is 10.1 Å². The summed E-state index contributed by atoms with van der Waals surface area (Å²) in [4.78, 5) is 36.6. The van der Waals surface area contributed by atoms with E-state index in [4.69, 9.17) is 4.74 Å². The van der Waals surface area contributed by atoms with Crippen LogP contribution in [-0.2, 0) is 14.4 Å². The molecule has 1 unspecified atom stereocenters. The van der Waals surface area contributed by atoms with Crippen LogP contribution in [0, 0.1) is 0 Å². The molecular formula is C15H18N2O4. The molecule has 1 aliphatic rings. The average Bonchev–Trinajstić information content (AvgIpc) is 2.47. The molecule has 3 amide bonds. The number of imide groups is 1. The maximum Gasteiger partial charge on any atom is 0.249 e. The molecule has 0 spiro atoms. The maximum atomic E-state index is 12.2. The lowest BCUT2D eigenvalue weighted by Gasteiger charge is -2.33. The zero-order valence-corrected chi connectivity index (χ0v) is 11.9. The lowest BCUT2D eigenvalue weighted by atomic mass is 10.1. The first kappa shape index (κ1) is 15.0. The largest absolute Gasteiger partial charge is 0.493 e. The Morgan fingerprint density at radius 2 is 2.05 bits per heavy atom. The molecule has 0 radical (unpaired) electrons. The molecule has 6 heteroatoms. The van der Waals surface area contributed by atoms with E-state index in [9.17, 15) is 14.4 Å². The van der Waals surface area contributed by atoms with Crippen molar-refractivity contribution < 1.29 is 19.1 Å². The standard InChI is InChI=1S/C15H18N2O4/c1-2-12-15(20)16-13(18)10-17(12)14(19)8-9-21-11-6-4-3-5-7-11/h3-7,12H,2,8-10H2,1H3,(H,16,18,20). The molecule has 1 N–H and O–H groups in total. The fraction of sp³-hybridized carbons (Fsp3) is 0.400. The monoisotopic (exact) mass is 290 g/mol. The predicted octanol–water partition coefficient (Wildman–Crippen LogP) is 0.719. The van der Waals surface area contributed by atoms with E-state index in [0.717, 1.165) is 0 Å². The van der Waals surface area contributed by atoms with Crippen LogP contribution in [0.5, 0.6) is 5.75 Å². The molecular weight excluding hydrogens is 272 g/mol. The molecule has 21 heavy (non-hydrogen) atoms. The van der Waals surface area contributed by atoms with Crippen molar-refractivity contribution in [3.63, 3.8) is 0 Å². The summed E-state index contributed by atoms with van der Waals surface area (Å²) in [7, 11) is 0. The summed E-state index contributed by atoms with van der Waals surface area (Å²) in [6, 6.07) is 8.60. The van der Waals surface area contributed by atoms with Crippen LogP contribution in [0.2, 0.25) is 0 Å². The number of carbonyl (C=O) groups is 3. The highest BCUT2D eigenvalue weighted by molar-refractivity contribution is 6.04. The number of nitrogens with zero attached hydrogens (tertiary/aromatic N) is 1. The minimum Gasteiger partial charge on any atom is -0.493 e. The Labute approximate surface area is 123 Å². The van der Waals surface area contributed by atoms with Crippen LogP contribution in [0.1, 0.15) is 19.8 Å². The molecule has 0 aliphatic carbocycles. The number of rotatable bonds is 5. The average molecular weight is 290 g/mol. The van der Waals surface area contributed by atoms with Gasteiger partial charge in [0.1, 0.15) is 18.3 Å². The van der Waals surface area contributed by atoms with E-state index in [1.807, 2.05) is 18.2 Å². The van der Waals surface area contributed by atoms with Gasteiger partial charge in [0, 0.05) is 0 Å². The minimum atomic E-state index is -0.577. The molecule has 1 aromatic carbocycles. The van der Waals surface area contributed by atoms with Gasteiger partial charge in [0.25, 0.3) is 0 Å². The highest BCUT2D eigenvalue weighted by Gasteiger charge is 2.35. The van der Waals surface area contributed by atoms with Crippen LogP contribution in [-0.4, -0.2) is 41.8 Å². The summed E-state index contributed by atoms with van der Waals surface area (Å²) >= 11 is 0. The predicted molar refractivity (Wildman–Crippen MR) is 75.5 cm³/mol. The fourth-order valence-corrected chi connectivity index (χ4v) is 2.25. The Kier molecular flexibility index (Phi) is 4.92. The molecule has 1 aromatic rings. The molecule has 0 aromatic heterocycles. The molecule has 0 saturated carbocycles. The molecule has 1 heterocycles. The first-order valence-corrected chi connectivity index (χ1v) is 6.93. The molecule has 6 nitrogen and oxygen atoms in total. The summed E-state index contributed by atoms with van der Waals surface area (Å²) in [5.41, 5.74) is 0. The van der Waals surface area contributed by atoms with E-state index in [0.29, 0.717) is 12.2 Å². The second-order valence-corrected chi connectivity index (χ2v) is 4.77. The van der Waals surface area contributed by atoms with E-state index in [1.165, 1.54) is 4.90 Å². The van der Waals surface area contributed by atoms with Gasteiger partial charge in [0.05, 0.1) is 13.0 Å². The van der Waals surface area contributed by atoms with Gasteiger partial charge in [-0.25, -0.2) is 0 Å². The lowest BCUT2D eigenvalue weighted by Crippen LogP contribution is -2.59. The molecule has 2 rings (SSSR count). The number of benzene rings is 1. The van der Waals surface area contributed by atoms with Crippen molar-refractivity contribution in [2.75, 3.05) is 13.2 Å². The highest BCUT2D eigenvalue weighted by Crippen LogP contribution is 2.12. The van der Waals surface area contributed by atoms with Gasteiger partial charge in [-0.2, -0.15) is 0 Å². The second-order valence-electron chi connectivity index (χ2n) is 4.77. The van der Waals surface area contributed by atoms with Gasteiger partial charge in [-0.15, -0.1) is 0 Å². The topological polar surface area (TPSA) is 75.7 Å². The first-order valence-electron chi connectivity index (χ1n) is 6.93. The molecule has 1 saturated heterocycles. The van der Waals surface area contributed by atoms with E-state index in [2.05, 4.69) is 5.32 Å². The summed E-state index contributed by atoms with van der Waals surface area (Å²) < 4.78 is 5.46. The van der Waals surface area contributed by atoms with E-state index in [1.54, 1.807) is 19.1 Å². The maximum absolute atomic E-state index is 12.2. The zero-order chi connectivity index (χ0) is 15.2. The highest BCUT2D eigenvalue weighted by atomic mass is 16.5. The number of amides is 3. The van der Waals surface area contributed by atoms with Crippen molar-refractivity contribution in [3.8, 4) is 5.75 Å². The molecule has 112 valence electrons. The van der Waals surface area contributed by atoms with Gasteiger partial charge < -0.3 is 9.64 Å². The lowest BCUT2D eigenvalue weighted by molar-refractivity contribution is -0.150. The number of hydrogen-bond donors (Lipinski definition) is 1. The van der Waals surface area contributed by atoms with Crippen molar-refractivity contribution in [2.24, 2.45) is 0 Å². The van der Waals surface area contributed by atoms with Gasteiger partial charge in [-0.05, 0) is 18.6 Å². The minimum absolute atomic E-state index is 0.0750. The van der Waals surface area contributed by atoms with Gasteiger partial charge in [0.2, 0.25) is 17.7 Å². The number of ether oxygens (including phenoxy) is 1. The van der Waals surface area contributed by atoms with Crippen molar-refractivity contribution in [3.05, 3.63) is 30.3 Å². The number of piperazine rings is 1. The summed E-state index contributed by atoms with van der Waals surface area (Å²) in [5.74, 6) is -0.418. The molecule has 1 fully saturated rings. The quantitative estimate of drug-likeness (QED) is 0.811. The molecule has 0 bridgehead atoms. The number of hydrogen-bond acceptors (Lipinski definition) is 4. The Hall–Kier alpha value is -2.37.